The summed E-state index contributed by atoms with van der Waals surface area (Å²) >= 11 is 13.7. The van der Waals surface area contributed by atoms with Crippen LogP contribution in [0.5, 0.6) is 0 Å². The summed E-state index contributed by atoms with van der Waals surface area (Å²) in [5.41, 5.74) is 2.51. The fourth-order valence-corrected chi connectivity index (χ4v) is 5.02. The Morgan fingerprint density at radius 2 is 2.14 bits per heavy atom. The van der Waals surface area contributed by atoms with E-state index in [0.29, 0.717) is 29.3 Å². The van der Waals surface area contributed by atoms with Crippen LogP contribution in [-0.4, -0.2) is 47.5 Å². The van der Waals surface area contributed by atoms with Crippen molar-refractivity contribution in [2.75, 3.05) is 19.6 Å². The van der Waals surface area contributed by atoms with Crippen molar-refractivity contribution in [1.82, 2.24) is 20.5 Å². The summed E-state index contributed by atoms with van der Waals surface area (Å²) in [5, 5.41) is 11.4. The van der Waals surface area contributed by atoms with Crippen molar-refractivity contribution in [2.45, 2.75) is 51.7 Å². The number of piperidine rings is 1. The van der Waals surface area contributed by atoms with Gasteiger partial charge in [-0.2, -0.15) is 11.3 Å². The third-order valence-corrected chi connectivity index (χ3v) is 6.74. The number of amides is 1. The van der Waals surface area contributed by atoms with Gasteiger partial charge in [-0.15, -0.1) is 0 Å². The number of carbonyl (C=O) groups excluding carboxylic acids is 1. The Hall–Kier alpha value is -1.18. The van der Waals surface area contributed by atoms with E-state index in [1.54, 1.807) is 17.4 Å². The van der Waals surface area contributed by atoms with Crippen LogP contribution in [0, 0.1) is 6.92 Å². The Kier molecular flexibility index (Phi) is 8.33. The van der Waals surface area contributed by atoms with Crippen LogP contribution in [0.25, 0.3) is 0 Å². The molecule has 1 fully saturated rings. The topological polar surface area (TPSA) is 57.3 Å². The van der Waals surface area contributed by atoms with Crippen LogP contribution >= 0.6 is 34.5 Å². The first-order valence-electron chi connectivity index (χ1n) is 10.0. The van der Waals surface area contributed by atoms with Crippen molar-refractivity contribution >= 4 is 40.4 Å². The molecule has 1 atom stereocenters. The minimum Gasteiger partial charge on any atom is -0.352 e. The van der Waals surface area contributed by atoms with Crippen molar-refractivity contribution in [3.63, 3.8) is 0 Å². The number of hydrogen-bond donors (Lipinski definition) is 2. The predicted octanol–water partition coefficient (Wildman–Crippen LogP) is 4.52. The van der Waals surface area contributed by atoms with Crippen molar-refractivity contribution < 1.29 is 4.79 Å². The number of aromatic nitrogens is 1. The van der Waals surface area contributed by atoms with E-state index in [2.05, 4.69) is 44.3 Å². The summed E-state index contributed by atoms with van der Waals surface area (Å²) in [4.78, 5) is 18.9. The third-order valence-electron chi connectivity index (χ3n) is 5.54. The molecule has 8 heteroatoms. The van der Waals surface area contributed by atoms with Gasteiger partial charge < -0.3 is 15.5 Å². The van der Waals surface area contributed by atoms with Gasteiger partial charge in [0, 0.05) is 25.2 Å². The number of nitrogens with one attached hydrogen (secondary N) is 2. The minimum atomic E-state index is -0.194. The molecule has 2 aromatic heterocycles. The van der Waals surface area contributed by atoms with Crippen LogP contribution < -0.4 is 10.6 Å². The van der Waals surface area contributed by atoms with Gasteiger partial charge in [-0.3, -0.25) is 4.79 Å². The first-order valence-corrected chi connectivity index (χ1v) is 11.7. The molecule has 0 radical (unpaired) electrons. The van der Waals surface area contributed by atoms with Crippen LogP contribution in [0.3, 0.4) is 0 Å². The molecule has 0 saturated carbocycles. The zero-order chi connectivity index (χ0) is 20.8. The monoisotopic (exact) mass is 454 g/mol. The number of thiophene rings is 1. The lowest BCUT2D eigenvalue weighted by Gasteiger charge is -2.36. The van der Waals surface area contributed by atoms with E-state index in [9.17, 15) is 4.79 Å². The maximum atomic E-state index is 12.5. The number of rotatable bonds is 8. The molecule has 1 aliphatic rings. The molecule has 3 heterocycles. The van der Waals surface area contributed by atoms with Gasteiger partial charge in [-0.1, -0.05) is 23.2 Å². The van der Waals surface area contributed by atoms with E-state index in [1.807, 2.05) is 6.92 Å². The fraction of sp³-hybridized carbons (Fsp3) is 0.524. The van der Waals surface area contributed by atoms with Crippen LogP contribution in [0.4, 0.5) is 0 Å². The largest absolute Gasteiger partial charge is 0.352 e. The molecule has 5 nitrogen and oxygen atoms in total. The quantitative estimate of drug-likeness (QED) is 0.575. The SMILES string of the molecule is Cc1cc(Cl)nc(Cl)c1C(=O)NCCC(C)N1CCC(NCc2ccsc2)CC1. The second-order valence-corrected chi connectivity index (χ2v) is 9.17. The van der Waals surface area contributed by atoms with Gasteiger partial charge in [-0.25, -0.2) is 4.98 Å². The second kappa shape index (κ2) is 10.7. The van der Waals surface area contributed by atoms with E-state index in [-0.39, 0.29) is 11.1 Å². The Bertz CT molecular complexity index is 784. The van der Waals surface area contributed by atoms with Gasteiger partial charge in [0.05, 0.1) is 5.56 Å². The first kappa shape index (κ1) is 22.5. The molecule has 1 saturated heterocycles. The molecule has 1 unspecified atom stereocenters. The molecule has 0 aliphatic carbocycles. The highest BCUT2D eigenvalue weighted by molar-refractivity contribution is 7.07. The molecule has 0 aromatic carbocycles. The molecule has 0 spiro atoms. The zero-order valence-corrected chi connectivity index (χ0v) is 19.2. The molecule has 158 valence electrons. The molecule has 2 aromatic rings. The molecule has 1 amide bonds. The molecule has 3 rings (SSSR count). The molecule has 2 N–H and O–H groups in total. The Morgan fingerprint density at radius 3 is 2.79 bits per heavy atom. The fourth-order valence-electron chi connectivity index (χ4n) is 3.73. The van der Waals surface area contributed by atoms with Crippen molar-refractivity contribution in [2.24, 2.45) is 0 Å². The first-order chi connectivity index (χ1) is 13.9. The zero-order valence-electron chi connectivity index (χ0n) is 16.9. The summed E-state index contributed by atoms with van der Waals surface area (Å²) in [7, 11) is 0. The smallest absolute Gasteiger partial charge is 0.254 e. The van der Waals surface area contributed by atoms with Gasteiger partial charge in [-0.05, 0) is 80.2 Å². The van der Waals surface area contributed by atoms with Crippen molar-refractivity contribution in [1.29, 1.82) is 0 Å². The lowest BCUT2D eigenvalue weighted by Crippen LogP contribution is -2.46. The third kappa shape index (κ3) is 6.40. The molecular formula is C21H28Cl2N4OS. The molecule has 0 bridgehead atoms. The van der Waals surface area contributed by atoms with Crippen LogP contribution in [0.15, 0.2) is 22.9 Å². The van der Waals surface area contributed by atoms with Gasteiger partial charge in [0.2, 0.25) is 0 Å². The Balaban J connectivity index is 1.38. The lowest BCUT2D eigenvalue weighted by atomic mass is 10.0. The Labute approximate surface area is 186 Å². The van der Waals surface area contributed by atoms with E-state index in [4.69, 9.17) is 23.2 Å². The van der Waals surface area contributed by atoms with E-state index in [0.717, 1.165) is 44.5 Å². The van der Waals surface area contributed by atoms with Gasteiger partial charge >= 0.3 is 0 Å². The molecule has 29 heavy (non-hydrogen) atoms. The van der Waals surface area contributed by atoms with Crippen LogP contribution in [0.2, 0.25) is 10.3 Å². The minimum absolute atomic E-state index is 0.151. The number of likely N-dealkylation sites (tertiary alicyclic amines) is 1. The summed E-state index contributed by atoms with van der Waals surface area (Å²) < 4.78 is 0. The van der Waals surface area contributed by atoms with E-state index in [1.165, 1.54) is 5.56 Å². The van der Waals surface area contributed by atoms with Gasteiger partial charge in [0.15, 0.2) is 0 Å². The maximum Gasteiger partial charge on any atom is 0.254 e. The standard InChI is InChI=1S/C21H28Cl2N4OS/c1-14-11-18(22)26-20(23)19(14)21(28)24-7-3-15(2)27-8-4-17(5-9-27)25-12-16-6-10-29-13-16/h6,10-11,13,15,17,25H,3-5,7-9,12H2,1-2H3,(H,24,28). The second-order valence-electron chi connectivity index (χ2n) is 7.64. The number of nitrogens with zero attached hydrogens (tertiary/aromatic N) is 2. The Morgan fingerprint density at radius 1 is 1.38 bits per heavy atom. The summed E-state index contributed by atoms with van der Waals surface area (Å²) in [6.45, 7) is 7.78. The number of pyridine rings is 1. The normalized spacial score (nSPS) is 16.7. The van der Waals surface area contributed by atoms with Crippen molar-refractivity contribution in [3.8, 4) is 0 Å². The van der Waals surface area contributed by atoms with Crippen LogP contribution in [0.1, 0.15) is 47.7 Å². The van der Waals surface area contributed by atoms with Crippen molar-refractivity contribution in [3.05, 3.63) is 49.9 Å². The average Bonchev–Trinajstić information content (AvgIpc) is 3.19. The van der Waals surface area contributed by atoms with Crippen LogP contribution in [-0.2, 0) is 6.54 Å². The van der Waals surface area contributed by atoms with E-state index >= 15 is 0 Å². The summed E-state index contributed by atoms with van der Waals surface area (Å²) in [6, 6.07) is 4.84. The number of hydrogen-bond acceptors (Lipinski definition) is 5. The van der Waals surface area contributed by atoms with Gasteiger partial charge in [0.1, 0.15) is 10.3 Å². The highest BCUT2D eigenvalue weighted by atomic mass is 35.5. The highest BCUT2D eigenvalue weighted by Gasteiger charge is 2.23. The van der Waals surface area contributed by atoms with E-state index < -0.39 is 0 Å². The average molecular weight is 455 g/mol. The van der Waals surface area contributed by atoms with Gasteiger partial charge in [0.25, 0.3) is 5.91 Å². The number of halogens is 2. The lowest BCUT2D eigenvalue weighted by molar-refractivity contribution is 0.0943. The summed E-state index contributed by atoms with van der Waals surface area (Å²) in [6.07, 6.45) is 3.22. The number of carbonyl (C=O) groups is 1. The molecular weight excluding hydrogens is 427 g/mol. The number of aryl methyl sites for hydroxylation is 1. The molecule has 1 aliphatic heterocycles. The summed E-state index contributed by atoms with van der Waals surface area (Å²) in [5.74, 6) is -0.194. The maximum absolute atomic E-state index is 12.5. The highest BCUT2D eigenvalue weighted by Crippen LogP contribution is 2.21. The predicted molar refractivity (Wildman–Crippen MR) is 121 cm³/mol.